The lowest BCUT2D eigenvalue weighted by Gasteiger charge is -2.35. The van der Waals surface area contributed by atoms with Gasteiger partial charge in [0.25, 0.3) is 0 Å². The number of amides is 1. The van der Waals surface area contributed by atoms with Gasteiger partial charge in [0.15, 0.2) is 0 Å². The third-order valence-electron chi connectivity index (χ3n) is 4.55. The third kappa shape index (κ3) is 2.82. The summed E-state index contributed by atoms with van der Waals surface area (Å²) >= 11 is 0. The van der Waals surface area contributed by atoms with Gasteiger partial charge in [0, 0.05) is 18.8 Å². The summed E-state index contributed by atoms with van der Waals surface area (Å²) in [6, 6.07) is 8.08. The van der Waals surface area contributed by atoms with E-state index in [0.29, 0.717) is 0 Å². The minimum absolute atomic E-state index is 0.00831. The standard InChI is InChI=1S/C18H21FN2OSi/c1-11-7-13(19)9-15-16(10-21(2)18(22)17(11)15)12-5-4-6-14(8-12)23(3)20/h4-11,17,23H,20H2,1-3H3. The lowest BCUT2D eigenvalue weighted by atomic mass is 9.75. The molecule has 0 spiro atoms. The summed E-state index contributed by atoms with van der Waals surface area (Å²) in [6.45, 7) is 3.95. The molecule has 2 N–H and O–H groups in total. The van der Waals surface area contributed by atoms with E-state index in [2.05, 4.69) is 12.6 Å². The maximum atomic E-state index is 13.9. The number of carbonyl (C=O) groups excluding carboxylic acids is 1. The lowest BCUT2D eigenvalue weighted by Crippen LogP contribution is -2.39. The molecule has 1 aliphatic heterocycles. The molecule has 0 fully saturated rings. The van der Waals surface area contributed by atoms with Gasteiger partial charge in [-0.1, -0.05) is 37.7 Å². The summed E-state index contributed by atoms with van der Waals surface area (Å²) in [6.07, 6.45) is 4.82. The van der Waals surface area contributed by atoms with Gasteiger partial charge in [0.2, 0.25) is 5.91 Å². The molecule has 0 aromatic heterocycles. The molecule has 120 valence electrons. The van der Waals surface area contributed by atoms with Gasteiger partial charge in [0.1, 0.15) is 14.8 Å². The van der Waals surface area contributed by atoms with Gasteiger partial charge in [-0.05, 0) is 34.4 Å². The quantitative estimate of drug-likeness (QED) is 0.845. The first-order chi connectivity index (χ1) is 10.9. The van der Waals surface area contributed by atoms with Gasteiger partial charge in [-0.3, -0.25) is 4.79 Å². The van der Waals surface area contributed by atoms with E-state index in [1.807, 2.05) is 25.1 Å². The van der Waals surface area contributed by atoms with Crippen LogP contribution in [-0.2, 0) is 4.79 Å². The Kier molecular flexibility index (Phi) is 4.08. The van der Waals surface area contributed by atoms with E-state index in [-0.39, 0.29) is 23.6 Å². The number of nitrogens with zero attached hydrogens (tertiary/aromatic N) is 1. The van der Waals surface area contributed by atoms with Crippen molar-refractivity contribution >= 4 is 25.6 Å². The zero-order valence-electron chi connectivity index (χ0n) is 13.6. The molecule has 1 aliphatic carbocycles. The molecule has 0 saturated carbocycles. The maximum absolute atomic E-state index is 13.9. The van der Waals surface area contributed by atoms with Crippen molar-refractivity contribution in [2.45, 2.75) is 13.5 Å². The number of hydrogen-bond acceptors (Lipinski definition) is 2. The summed E-state index contributed by atoms with van der Waals surface area (Å²) in [5, 5.41) is 7.26. The Hall–Kier alpha value is -1.98. The largest absolute Gasteiger partial charge is 0.350 e. The minimum atomic E-state index is -1.42. The molecule has 1 heterocycles. The first-order valence-electron chi connectivity index (χ1n) is 7.82. The second-order valence-electron chi connectivity index (χ2n) is 6.39. The first kappa shape index (κ1) is 15.9. The van der Waals surface area contributed by atoms with Crippen LogP contribution in [0.3, 0.4) is 0 Å². The fourth-order valence-electron chi connectivity index (χ4n) is 3.30. The second kappa shape index (κ2) is 5.90. The number of nitrogens with two attached hydrogens (primary N) is 1. The topological polar surface area (TPSA) is 46.3 Å². The Morgan fingerprint density at radius 2 is 2.09 bits per heavy atom. The monoisotopic (exact) mass is 328 g/mol. The highest BCUT2D eigenvalue weighted by Gasteiger charge is 2.37. The van der Waals surface area contributed by atoms with Crippen molar-refractivity contribution in [3.05, 3.63) is 59.6 Å². The molecule has 3 nitrogen and oxygen atoms in total. The molecule has 0 radical (unpaired) electrons. The van der Waals surface area contributed by atoms with Crippen LogP contribution < -0.4 is 10.6 Å². The normalized spacial score (nSPS) is 25.3. The first-order valence-corrected chi connectivity index (χ1v) is 10.2. The summed E-state index contributed by atoms with van der Waals surface area (Å²) < 4.78 is 13.9. The molecule has 3 atom stereocenters. The highest BCUT2D eigenvalue weighted by Crippen LogP contribution is 2.41. The van der Waals surface area contributed by atoms with Crippen molar-refractivity contribution in [3.63, 3.8) is 0 Å². The van der Waals surface area contributed by atoms with Gasteiger partial charge in [-0.15, -0.1) is 0 Å². The van der Waals surface area contributed by atoms with Crippen LogP contribution in [0.15, 0.2) is 54.0 Å². The molecule has 0 saturated heterocycles. The van der Waals surface area contributed by atoms with Crippen molar-refractivity contribution in [2.75, 3.05) is 7.05 Å². The van der Waals surface area contributed by atoms with Crippen LogP contribution in [0.2, 0.25) is 6.55 Å². The van der Waals surface area contributed by atoms with Crippen LogP contribution in [0.25, 0.3) is 5.57 Å². The van der Waals surface area contributed by atoms with Crippen molar-refractivity contribution in [1.82, 2.24) is 4.90 Å². The number of hydrogen-bond donors (Lipinski definition) is 1. The van der Waals surface area contributed by atoms with Gasteiger partial charge in [-0.25, -0.2) is 4.39 Å². The number of rotatable bonds is 2. The van der Waals surface area contributed by atoms with Crippen molar-refractivity contribution < 1.29 is 9.18 Å². The summed E-state index contributed by atoms with van der Waals surface area (Å²) in [5.74, 6) is -0.742. The Morgan fingerprint density at radius 3 is 2.78 bits per heavy atom. The zero-order valence-corrected chi connectivity index (χ0v) is 14.7. The molecule has 1 aromatic carbocycles. The van der Waals surface area contributed by atoms with Gasteiger partial charge in [0.05, 0.1) is 5.92 Å². The van der Waals surface area contributed by atoms with E-state index in [1.165, 1.54) is 12.2 Å². The molecule has 23 heavy (non-hydrogen) atoms. The summed E-state index contributed by atoms with van der Waals surface area (Å²) in [5.41, 5.74) is 2.66. The molecular weight excluding hydrogens is 307 g/mol. The van der Waals surface area contributed by atoms with Crippen LogP contribution in [0.4, 0.5) is 4.39 Å². The third-order valence-corrected chi connectivity index (χ3v) is 5.96. The average Bonchev–Trinajstić information content (AvgIpc) is 2.50. The number of allylic oxidation sites excluding steroid dienone is 4. The Bertz CT molecular complexity index is 751. The van der Waals surface area contributed by atoms with E-state index < -0.39 is 8.96 Å². The Balaban J connectivity index is 2.14. The van der Waals surface area contributed by atoms with Gasteiger partial charge >= 0.3 is 0 Å². The van der Waals surface area contributed by atoms with Crippen LogP contribution in [-0.4, -0.2) is 26.8 Å². The molecule has 1 aromatic rings. The fourth-order valence-corrected chi connectivity index (χ4v) is 4.16. The predicted octanol–water partition coefficient (Wildman–Crippen LogP) is 2.06. The van der Waals surface area contributed by atoms with E-state index >= 15 is 0 Å². The smallest absolute Gasteiger partial charge is 0.234 e. The van der Waals surface area contributed by atoms with Crippen LogP contribution in [0, 0.1) is 11.8 Å². The maximum Gasteiger partial charge on any atom is 0.234 e. The number of halogens is 1. The Morgan fingerprint density at radius 1 is 1.35 bits per heavy atom. The second-order valence-corrected chi connectivity index (χ2v) is 8.64. The van der Waals surface area contributed by atoms with Crippen molar-refractivity contribution in [2.24, 2.45) is 17.2 Å². The highest BCUT2D eigenvalue weighted by atomic mass is 28.3. The molecule has 2 aliphatic rings. The summed E-state index contributed by atoms with van der Waals surface area (Å²) in [7, 11) is 0.340. The Labute approximate surface area is 137 Å². The number of carbonyl (C=O) groups is 1. The zero-order chi connectivity index (χ0) is 16.7. The van der Waals surface area contributed by atoms with Gasteiger partial charge in [-0.2, -0.15) is 0 Å². The van der Waals surface area contributed by atoms with Crippen molar-refractivity contribution in [3.8, 4) is 0 Å². The number of fused-ring (bicyclic) bond motifs is 1. The molecule has 5 heteroatoms. The van der Waals surface area contributed by atoms with Crippen LogP contribution in [0.5, 0.6) is 0 Å². The van der Waals surface area contributed by atoms with E-state index in [4.69, 9.17) is 5.40 Å². The van der Waals surface area contributed by atoms with Crippen LogP contribution >= 0.6 is 0 Å². The van der Waals surface area contributed by atoms with Crippen molar-refractivity contribution in [1.29, 1.82) is 0 Å². The number of benzene rings is 1. The molecule has 3 rings (SSSR count). The molecule has 0 bridgehead atoms. The minimum Gasteiger partial charge on any atom is -0.350 e. The van der Waals surface area contributed by atoms with E-state index in [0.717, 1.165) is 21.9 Å². The predicted molar refractivity (Wildman–Crippen MR) is 94.0 cm³/mol. The van der Waals surface area contributed by atoms with Gasteiger partial charge < -0.3 is 10.3 Å². The SMILES string of the molecule is CC1C=C(F)C=C2C(c3cccc([SiH](C)N)c3)=CN(C)C(=O)C21. The van der Waals surface area contributed by atoms with E-state index in [9.17, 15) is 9.18 Å². The summed E-state index contributed by atoms with van der Waals surface area (Å²) in [4.78, 5) is 14.1. The average molecular weight is 328 g/mol. The molecule has 3 unspecified atom stereocenters. The van der Waals surface area contributed by atoms with Crippen LogP contribution in [0.1, 0.15) is 12.5 Å². The van der Waals surface area contributed by atoms with E-state index in [1.54, 1.807) is 18.1 Å². The molecule has 1 amide bonds. The fraction of sp³-hybridized carbons (Fsp3) is 0.278. The molecular formula is C18H21FN2OSi. The highest BCUT2D eigenvalue weighted by molar-refractivity contribution is 6.69. The lowest BCUT2D eigenvalue weighted by molar-refractivity contribution is -0.131.